The van der Waals surface area contributed by atoms with Gasteiger partial charge in [0.1, 0.15) is 5.57 Å². The third-order valence-electron chi connectivity index (χ3n) is 3.15. The predicted molar refractivity (Wildman–Crippen MR) is 92.9 cm³/mol. The van der Waals surface area contributed by atoms with Gasteiger partial charge < -0.3 is 0 Å². The molecule has 8 heteroatoms. The molecule has 0 saturated carbocycles. The summed E-state index contributed by atoms with van der Waals surface area (Å²) in [6.45, 7) is 3.74. The van der Waals surface area contributed by atoms with E-state index in [4.69, 9.17) is 12.2 Å². The smallest absolute Gasteiger partial charge is 0.269 e. The van der Waals surface area contributed by atoms with Crippen molar-refractivity contribution in [2.24, 2.45) is 0 Å². The fourth-order valence-electron chi connectivity index (χ4n) is 1.97. The van der Waals surface area contributed by atoms with Gasteiger partial charge in [-0.05, 0) is 36.0 Å². The summed E-state index contributed by atoms with van der Waals surface area (Å²) in [6, 6.07) is 5.87. The molecule has 1 N–H and O–H groups in total. The molecule has 0 aromatic heterocycles. The number of nitro groups is 1. The van der Waals surface area contributed by atoms with E-state index in [1.54, 1.807) is 18.2 Å². The molecule has 0 aliphatic carbocycles. The summed E-state index contributed by atoms with van der Waals surface area (Å²) in [7, 11) is 0. The van der Waals surface area contributed by atoms with E-state index < -0.39 is 16.7 Å². The molecule has 122 valence electrons. The molecule has 1 aliphatic rings. The van der Waals surface area contributed by atoms with E-state index in [2.05, 4.69) is 11.9 Å². The van der Waals surface area contributed by atoms with Gasteiger partial charge >= 0.3 is 0 Å². The Hall–Kier alpha value is -3.13. The molecule has 7 nitrogen and oxygen atoms in total. The van der Waals surface area contributed by atoms with Crippen LogP contribution in [0.1, 0.15) is 5.56 Å². The highest BCUT2D eigenvalue weighted by Crippen LogP contribution is 2.14. The van der Waals surface area contributed by atoms with Crippen molar-refractivity contribution in [3.8, 4) is 0 Å². The van der Waals surface area contributed by atoms with Crippen LogP contribution >= 0.6 is 12.2 Å². The number of carbonyl (C=O) groups is 2. The van der Waals surface area contributed by atoms with E-state index in [1.807, 2.05) is 0 Å². The Morgan fingerprint density at radius 3 is 2.54 bits per heavy atom. The lowest BCUT2D eigenvalue weighted by molar-refractivity contribution is -0.384. The lowest BCUT2D eigenvalue weighted by atomic mass is 10.1. The first-order valence-electron chi connectivity index (χ1n) is 6.85. The standard InChI is InChI=1S/C16H13N3O4S/c1-2-10-18-15(21)13(14(20)17-16(18)24)5-3-4-11-6-8-12(9-7-11)19(22)23/h2-9H,1,10H2,(H,17,20,24)/b4-3+,13-5-. The van der Waals surface area contributed by atoms with Gasteiger partial charge in [-0.1, -0.05) is 18.2 Å². The second kappa shape index (κ2) is 7.42. The number of hydrogen-bond donors (Lipinski definition) is 1. The minimum absolute atomic E-state index is 0.0130. The van der Waals surface area contributed by atoms with Crippen LogP contribution in [0.25, 0.3) is 6.08 Å². The molecule has 2 rings (SSSR count). The molecule has 1 fully saturated rings. The van der Waals surface area contributed by atoms with Crippen molar-refractivity contribution < 1.29 is 14.5 Å². The number of nitrogens with one attached hydrogen (secondary N) is 1. The van der Waals surface area contributed by atoms with Crippen molar-refractivity contribution in [1.29, 1.82) is 0 Å². The Morgan fingerprint density at radius 1 is 1.29 bits per heavy atom. The van der Waals surface area contributed by atoms with E-state index in [0.717, 1.165) is 0 Å². The van der Waals surface area contributed by atoms with Crippen LogP contribution in [-0.2, 0) is 9.59 Å². The van der Waals surface area contributed by atoms with Gasteiger partial charge in [0.25, 0.3) is 17.5 Å². The van der Waals surface area contributed by atoms with Crippen LogP contribution in [0.4, 0.5) is 5.69 Å². The molecule has 0 bridgehead atoms. The van der Waals surface area contributed by atoms with Crippen LogP contribution in [0.2, 0.25) is 0 Å². The Kier molecular flexibility index (Phi) is 5.33. The number of amides is 2. The zero-order valence-electron chi connectivity index (χ0n) is 12.5. The first-order chi connectivity index (χ1) is 11.4. The number of nitrogens with zero attached hydrogens (tertiary/aromatic N) is 2. The molecule has 1 heterocycles. The van der Waals surface area contributed by atoms with Crippen LogP contribution in [0, 0.1) is 10.1 Å². The van der Waals surface area contributed by atoms with Crippen molar-refractivity contribution in [1.82, 2.24) is 10.2 Å². The highest BCUT2D eigenvalue weighted by Gasteiger charge is 2.31. The molecular formula is C16H13N3O4S. The average Bonchev–Trinajstić information content (AvgIpc) is 2.55. The highest BCUT2D eigenvalue weighted by atomic mass is 32.1. The molecule has 24 heavy (non-hydrogen) atoms. The maximum atomic E-state index is 12.3. The second-order valence-corrected chi connectivity index (χ2v) is 5.14. The Labute approximate surface area is 143 Å². The maximum Gasteiger partial charge on any atom is 0.269 e. The molecular weight excluding hydrogens is 330 g/mol. The SMILES string of the molecule is C=CCN1C(=O)/C(=C\C=C\c2ccc([N+](=O)[O-])cc2)C(=O)NC1=S. The van der Waals surface area contributed by atoms with Crippen molar-refractivity contribution in [2.75, 3.05) is 6.54 Å². The average molecular weight is 343 g/mol. The Morgan fingerprint density at radius 2 is 1.96 bits per heavy atom. The van der Waals surface area contributed by atoms with Gasteiger partial charge in [0.2, 0.25) is 0 Å². The van der Waals surface area contributed by atoms with Crippen LogP contribution in [0.3, 0.4) is 0 Å². The third kappa shape index (κ3) is 3.79. The molecule has 0 radical (unpaired) electrons. The van der Waals surface area contributed by atoms with Crippen LogP contribution in [0.5, 0.6) is 0 Å². The van der Waals surface area contributed by atoms with E-state index in [9.17, 15) is 19.7 Å². The molecule has 0 atom stereocenters. The maximum absolute atomic E-state index is 12.3. The van der Waals surface area contributed by atoms with Crippen molar-refractivity contribution >= 4 is 40.9 Å². The number of hydrogen-bond acceptors (Lipinski definition) is 5. The van der Waals surface area contributed by atoms with Crippen molar-refractivity contribution in [3.05, 3.63) is 70.3 Å². The van der Waals surface area contributed by atoms with Crippen molar-refractivity contribution in [2.45, 2.75) is 0 Å². The minimum atomic E-state index is -0.571. The normalized spacial score (nSPS) is 16.6. The van der Waals surface area contributed by atoms with Crippen LogP contribution < -0.4 is 5.32 Å². The predicted octanol–water partition coefficient (Wildman–Crippen LogP) is 1.96. The summed E-state index contributed by atoms with van der Waals surface area (Å²) in [5, 5.41) is 13.1. The Balaban J connectivity index is 2.18. The van der Waals surface area contributed by atoms with Crippen molar-refractivity contribution in [3.63, 3.8) is 0 Å². The highest BCUT2D eigenvalue weighted by molar-refractivity contribution is 7.80. The summed E-state index contributed by atoms with van der Waals surface area (Å²) < 4.78 is 0. The van der Waals surface area contributed by atoms with Gasteiger partial charge in [-0.2, -0.15) is 0 Å². The monoisotopic (exact) mass is 343 g/mol. The molecule has 0 spiro atoms. The quantitative estimate of drug-likeness (QED) is 0.220. The summed E-state index contributed by atoms with van der Waals surface area (Å²) >= 11 is 4.95. The number of nitro benzene ring substituents is 1. The van der Waals surface area contributed by atoms with Gasteiger partial charge in [-0.3, -0.25) is 29.9 Å². The van der Waals surface area contributed by atoms with Gasteiger partial charge in [0, 0.05) is 18.7 Å². The largest absolute Gasteiger partial charge is 0.298 e. The number of rotatable bonds is 5. The Bertz CT molecular complexity index is 781. The summed E-state index contributed by atoms with van der Waals surface area (Å²) in [6.07, 6.45) is 6.03. The molecule has 1 aromatic rings. The fraction of sp³-hybridized carbons (Fsp3) is 0.0625. The topological polar surface area (TPSA) is 92.6 Å². The van der Waals surface area contributed by atoms with E-state index in [-0.39, 0.29) is 22.9 Å². The number of allylic oxidation sites excluding steroid dienone is 2. The summed E-state index contributed by atoms with van der Waals surface area (Å²) in [5.74, 6) is -1.07. The number of carbonyl (C=O) groups excluding carboxylic acids is 2. The van der Waals surface area contributed by atoms with Gasteiger partial charge in [0.15, 0.2) is 5.11 Å². The summed E-state index contributed by atoms with van der Waals surface area (Å²) in [5.41, 5.74) is 0.629. The van der Waals surface area contributed by atoms with Crippen LogP contribution in [0.15, 0.2) is 54.6 Å². The van der Waals surface area contributed by atoms with E-state index in [1.165, 1.54) is 35.3 Å². The van der Waals surface area contributed by atoms with E-state index >= 15 is 0 Å². The van der Waals surface area contributed by atoms with Gasteiger partial charge in [0.05, 0.1) is 4.92 Å². The lowest BCUT2D eigenvalue weighted by Crippen LogP contribution is -2.53. The molecule has 2 amide bonds. The van der Waals surface area contributed by atoms with Gasteiger partial charge in [-0.15, -0.1) is 6.58 Å². The number of non-ortho nitro benzene ring substituents is 1. The second-order valence-electron chi connectivity index (χ2n) is 4.75. The van der Waals surface area contributed by atoms with E-state index in [0.29, 0.717) is 5.56 Å². The summed E-state index contributed by atoms with van der Waals surface area (Å²) in [4.78, 5) is 35.5. The minimum Gasteiger partial charge on any atom is -0.298 e. The third-order valence-corrected chi connectivity index (χ3v) is 3.48. The first-order valence-corrected chi connectivity index (χ1v) is 7.25. The molecule has 1 saturated heterocycles. The molecule has 0 unspecified atom stereocenters. The molecule has 1 aromatic carbocycles. The van der Waals surface area contributed by atoms with Crippen LogP contribution in [-0.4, -0.2) is 33.3 Å². The number of thiocarbonyl (C=S) groups is 1. The fourth-order valence-corrected chi connectivity index (χ4v) is 2.22. The lowest BCUT2D eigenvalue weighted by Gasteiger charge is -2.27. The number of benzene rings is 1. The zero-order chi connectivity index (χ0) is 17.7. The first kappa shape index (κ1) is 17.2. The molecule has 1 aliphatic heterocycles. The zero-order valence-corrected chi connectivity index (χ0v) is 13.3. The van der Waals surface area contributed by atoms with Gasteiger partial charge in [-0.25, -0.2) is 0 Å².